The molecular formula is C13H21N5O2. The molecule has 0 amide bonds. The largest absolute Gasteiger partial charge is 0.357 e. The van der Waals surface area contributed by atoms with Gasteiger partial charge in [0.25, 0.3) is 0 Å². The summed E-state index contributed by atoms with van der Waals surface area (Å²) in [5.74, 6) is 2.19. The first-order valence-corrected chi connectivity index (χ1v) is 6.97. The fourth-order valence-corrected chi connectivity index (χ4v) is 2.63. The van der Waals surface area contributed by atoms with Crippen LogP contribution in [0.15, 0.2) is 6.20 Å². The van der Waals surface area contributed by atoms with E-state index in [1.165, 1.54) is 6.20 Å². The molecule has 1 N–H and O–H groups in total. The van der Waals surface area contributed by atoms with E-state index in [-0.39, 0.29) is 5.69 Å². The number of aromatic nitrogens is 2. The summed E-state index contributed by atoms with van der Waals surface area (Å²) in [7, 11) is 1.70. The fourth-order valence-electron chi connectivity index (χ4n) is 2.63. The molecule has 0 atom stereocenters. The molecule has 20 heavy (non-hydrogen) atoms. The van der Waals surface area contributed by atoms with Gasteiger partial charge in [-0.25, -0.2) is 4.98 Å². The maximum absolute atomic E-state index is 11.1. The van der Waals surface area contributed by atoms with Crippen LogP contribution >= 0.6 is 0 Å². The number of nitrogens with zero attached hydrogens (tertiary/aromatic N) is 4. The highest BCUT2D eigenvalue weighted by molar-refractivity contribution is 5.59. The van der Waals surface area contributed by atoms with Crippen LogP contribution in [-0.4, -0.2) is 35.0 Å². The van der Waals surface area contributed by atoms with Gasteiger partial charge in [0, 0.05) is 20.1 Å². The lowest BCUT2D eigenvalue weighted by molar-refractivity contribution is -0.384. The zero-order valence-electron chi connectivity index (χ0n) is 12.2. The number of anilines is 2. The van der Waals surface area contributed by atoms with Gasteiger partial charge in [-0.3, -0.25) is 10.1 Å². The highest BCUT2D eigenvalue weighted by atomic mass is 16.6. The third-order valence-corrected chi connectivity index (χ3v) is 3.95. The third kappa shape index (κ3) is 2.97. The number of rotatable bonds is 4. The molecule has 1 fully saturated rings. The molecule has 2 rings (SSSR count). The van der Waals surface area contributed by atoms with Gasteiger partial charge < -0.3 is 10.2 Å². The van der Waals surface area contributed by atoms with E-state index < -0.39 is 4.92 Å². The predicted molar refractivity (Wildman–Crippen MR) is 78.0 cm³/mol. The predicted octanol–water partition coefficient (Wildman–Crippen LogP) is 2.30. The van der Waals surface area contributed by atoms with Gasteiger partial charge >= 0.3 is 5.69 Å². The van der Waals surface area contributed by atoms with Crippen molar-refractivity contribution in [2.24, 2.45) is 11.8 Å². The molecule has 0 saturated carbocycles. The average Bonchev–Trinajstić information content (AvgIpc) is 2.46. The van der Waals surface area contributed by atoms with Crippen molar-refractivity contribution in [3.63, 3.8) is 0 Å². The van der Waals surface area contributed by atoms with E-state index in [2.05, 4.69) is 29.1 Å². The van der Waals surface area contributed by atoms with Crippen molar-refractivity contribution >= 4 is 17.5 Å². The van der Waals surface area contributed by atoms with Crippen LogP contribution < -0.4 is 10.2 Å². The Kier molecular flexibility index (Phi) is 4.36. The van der Waals surface area contributed by atoms with Crippen molar-refractivity contribution in [2.75, 3.05) is 30.4 Å². The average molecular weight is 279 g/mol. The third-order valence-electron chi connectivity index (χ3n) is 3.95. The van der Waals surface area contributed by atoms with Crippen LogP contribution in [0.25, 0.3) is 0 Å². The second-order valence-corrected chi connectivity index (χ2v) is 5.48. The monoisotopic (exact) mass is 279 g/mol. The summed E-state index contributed by atoms with van der Waals surface area (Å²) in [6, 6.07) is 0. The maximum atomic E-state index is 11.1. The molecule has 1 aromatic rings. The molecule has 1 aromatic heterocycles. The zero-order chi connectivity index (χ0) is 14.7. The highest BCUT2D eigenvalue weighted by Crippen LogP contribution is 2.31. The molecule has 1 aliphatic heterocycles. The number of nitro groups is 1. The Morgan fingerprint density at radius 1 is 1.45 bits per heavy atom. The molecule has 110 valence electrons. The first-order chi connectivity index (χ1) is 9.52. The highest BCUT2D eigenvalue weighted by Gasteiger charge is 2.27. The minimum atomic E-state index is -0.413. The second-order valence-electron chi connectivity index (χ2n) is 5.48. The van der Waals surface area contributed by atoms with Gasteiger partial charge in [-0.2, -0.15) is 4.98 Å². The zero-order valence-corrected chi connectivity index (χ0v) is 12.2. The second kappa shape index (κ2) is 6.02. The van der Waals surface area contributed by atoms with Crippen LogP contribution in [0.5, 0.6) is 0 Å². The van der Waals surface area contributed by atoms with E-state index >= 15 is 0 Å². The van der Waals surface area contributed by atoms with Crippen LogP contribution in [0, 0.1) is 22.0 Å². The molecule has 1 aliphatic rings. The Bertz CT molecular complexity index is 484. The van der Waals surface area contributed by atoms with Crippen molar-refractivity contribution in [2.45, 2.75) is 26.7 Å². The minimum Gasteiger partial charge on any atom is -0.357 e. The fraction of sp³-hybridized carbons (Fsp3) is 0.692. The minimum absolute atomic E-state index is 0.0213. The lowest BCUT2D eigenvalue weighted by atomic mass is 9.87. The smallest absolute Gasteiger partial charge is 0.329 e. The lowest BCUT2D eigenvalue weighted by Crippen LogP contribution is -2.36. The van der Waals surface area contributed by atoms with Gasteiger partial charge in [0.05, 0.1) is 4.92 Å². The van der Waals surface area contributed by atoms with Crippen LogP contribution in [0.1, 0.15) is 26.7 Å². The Hall–Kier alpha value is -1.92. The summed E-state index contributed by atoms with van der Waals surface area (Å²) in [4.78, 5) is 20.9. The van der Waals surface area contributed by atoms with Crippen molar-refractivity contribution in [1.82, 2.24) is 9.97 Å². The van der Waals surface area contributed by atoms with Crippen molar-refractivity contribution < 1.29 is 4.92 Å². The Morgan fingerprint density at radius 3 is 2.60 bits per heavy atom. The molecule has 7 nitrogen and oxygen atoms in total. The molecule has 0 unspecified atom stereocenters. The normalized spacial score (nSPS) is 16.5. The van der Waals surface area contributed by atoms with Crippen LogP contribution in [0.4, 0.5) is 17.5 Å². The molecule has 1 saturated heterocycles. The van der Waals surface area contributed by atoms with Gasteiger partial charge in [0.1, 0.15) is 6.20 Å². The van der Waals surface area contributed by atoms with Gasteiger partial charge in [0.2, 0.25) is 11.8 Å². The standard InChI is InChI=1S/C13H21N5O2/c1-9(2)10-4-6-17(7-5-10)12-11(18(19)20)8-15-13(14-3)16-12/h8-10H,4-7H2,1-3H3,(H,14,15,16). The Labute approximate surface area is 118 Å². The van der Waals surface area contributed by atoms with E-state index in [9.17, 15) is 10.1 Å². The van der Waals surface area contributed by atoms with E-state index in [1.807, 2.05) is 4.90 Å². The lowest BCUT2D eigenvalue weighted by Gasteiger charge is -2.34. The van der Waals surface area contributed by atoms with Crippen molar-refractivity contribution in [3.05, 3.63) is 16.3 Å². The first kappa shape index (κ1) is 14.5. The molecule has 0 aromatic carbocycles. The molecule has 2 heterocycles. The number of hydrogen-bond donors (Lipinski definition) is 1. The summed E-state index contributed by atoms with van der Waals surface area (Å²) in [6.45, 7) is 6.08. The first-order valence-electron chi connectivity index (χ1n) is 6.97. The van der Waals surface area contributed by atoms with E-state index in [0.29, 0.717) is 23.6 Å². The maximum Gasteiger partial charge on any atom is 0.329 e. The Balaban J connectivity index is 2.21. The molecule has 0 radical (unpaired) electrons. The number of nitrogens with one attached hydrogen (secondary N) is 1. The number of hydrogen-bond acceptors (Lipinski definition) is 6. The summed E-state index contributed by atoms with van der Waals surface area (Å²) < 4.78 is 0. The quantitative estimate of drug-likeness (QED) is 0.672. The van der Waals surface area contributed by atoms with E-state index in [1.54, 1.807) is 7.05 Å². The molecule has 7 heteroatoms. The molecular weight excluding hydrogens is 258 g/mol. The Morgan fingerprint density at radius 2 is 2.10 bits per heavy atom. The van der Waals surface area contributed by atoms with Crippen LogP contribution in [0.2, 0.25) is 0 Å². The van der Waals surface area contributed by atoms with Gasteiger partial charge in [-0.15, -0.1) is 0 Å². The van der Waals surface area contributed by atoms with Gasteiger partial charge in [-0.05, 0) is 24.7 Å². The summed E-state index contributed by atoms with van der Waals surface area (Å²) in [5.41, 5.74) is -0.0213. The van der Waals surface area contributed by atoms with Crippen LogP contribution in [0.3, 0.4) is 0 Å². The van der Waals surface area contributed by atoms with E-state index in [0.717, 1.165) is 25.9 Å². The molecule has 0 bridgehead atoms. The van der Waals surface area contributed by atoms with Crippen LogP contribution in [-0.2, 0) is 0 Å². The van der Waals surface area contributed by atoms with Crippen molar-refractivity contribution in [3.8, 4) is 0 Å². The SMILES string of the molecule is CNc1ncc([N+](=O)[O-])c(N2CCC(C(C)C)CC2)n1. The summed E-state index contributed by atoms with van der Waals surface area (Å²) in [5, 5.41) is 13.9. The molecule has 0 spiro atoms. The summed E-state index contributed by atoms with van der Waals surface area (Å²) >= 11 is 0. The van der Waals surface area contributed by atoms with Gasteiger partial charge in [0.15, 0.2) is 0 Å². The van der Waals surface area contributed by atoms with Crippen molar-refractivity contribution in [1.29, 1.82) is 0 Å². The molecule has 0 aliphatic carbocycles. The van der Waals surface area contributed by atoms with Gasteiger partial charge in [-0.1, -0.05) is 13.8 Å². The van der Waals surface area contributed by atoms with E-state index in [4.69, 9.17) is 0 Å². The number of piperidine rings is 1. The summed E-state index contributed by atoms with van der Waals surface area (Å²) in [6.07, 6.45) is 3.38. The topological polar surface area (TPSA) is 84.2 Å².